The zero-order valence-corrected chi connectivity index (χ0v) is 9.56. The van der Waals surface area contributed by atoms with Gasteiger partial charge in [0, 0.05) is 23.4 Å². The molecule has 0 aliphatic rings. The SMILES string of the molecule is Cc1ccc2[nH]cc(CS(C)(=O)=O)c2c1. The van der Waals surface area contributed by atoms with Crippen LogP contribution >= 0.6 is 0 Å². The molecule has 2 rings (SSSR count). The molecule has 3 nitrogen and oxygen atoms in total. The van der Waals surface area contributed by atoms with Gasteiger partial charge in [-0.25, -0.2) is 8.42 Å². The molecule has 0 fully saturated rings. The smallest absolute Gasteiger partial charge is 0.151 e. The lowest BCUT2D eigenvalue weighted by atomic mass is 10.1. The number of hydrogen-bond acceptors (Lipinski definition) is 2. The van der Waals surface area contributed by atoms with Crippen molar-refractivity contribution in [3.8, 4) is 0 Å². The van der Waals surface area contributed by atoms with Gasteiger partial charge in [0.05, 0.1) is 5.75 Å². The molecule has 0 saturated heterocycles. The maximum atomic E-state index is 11.2. The highest BCUT2D eigenvalue weighted by atomic mass is 32.2. The molecule has 0 atom stereocenters. The van der Waals surface area contributed by atoms with Gasteiger partial charge in [0.2, 0.25) is 0 Å². The Bertz CT molecular complexity index is 596. The van der Waals surface area contributed by atoms with Crippen molar-refractivity contribution >= 4 is 20.7 Å². The molecule has 1 heterocycles. The molecule has 1 N–H and O–H groups in total. The van der Waals surface area contributed by atoms with E-state index in [0.29, 0.717) is 0 Å². The van der Waals surface area contributed by atoms with Crippen molar-refractivity contribution in [2.75, 3.05) is 6.26 Å². The average Bonchev–Trinajstić information content (AvgIpc) is 2.46. The Morgan fingerprint density at radius 2 is 2.07 bits per heavy atom. The van der Waals surface area contributed by atoms with Crippen molar-refractivity contribution in [1.82, 2.24) is 4.98 Å². The number of rotatable bonds is 2. The van der Waals surface area contributed by atoms with Crippen LogP contribution in [0.2, 0.25) is 0 Å². The second-order valence-corrected chi connectivity index (χ2v) is 6.07. The summed E-state index contributed by atoms with van der Waals surface area (Å²) in [5, 5.41) is 1.00. The topological polar surface area (TPSA) is 49.9 Å². The number of hydrogen-bond donors (Lipinski definition) is 1. The minimum absolute atomic E-state index is 0.0937. The van der Waals surface area contributed by atoms with Crippen LogP contribution in [0.25, 0.3) is 10.9 Å². The number of nitrogens with one attached hydrogen (secondary N) is 1. The van der Waals surface area contributed by atoms with E-state index in [2.05, 4.69) is 4.98 Å². The molecule has 2 aromatic rings. The highest BCUT2D eigenvalue weighted by molar-refractivity contribution is 7.89. The first-order valence-corrected chi connectivity index (χ1v) is 6.76. The predicted octanol–water partition coefficient (Wildman–Crippen LogP) is 2.02. The molecule has 15 heavy (non-hydrogen) atoms. The normalized spacial score (nSPS) is 12.1. The quantitative estimate of drug-likeness (QED) is 0.846. The Morgan fingerprint density at radius 3 is 2.73 bits per heavy atom. The average molecular weight is 223 g/mol. The Hall–Kier alpha value is -1.29. The molecule has 0 amide bonds. The number of aromatic amines is 1. The fraction of sp³-hybridized carbons (Fsp3) is 0.273. The lowest BCUT2D eigenvalue weighted by Crippen LogP contribution is -1.99. The van der Waals surface area contributed by atoms with E-state index >= 15 is 0 Å². The molecule has 4 heteroatoms. The van der Waals surface area contributed by atoms with Crippen LogP contribution in [0.5, 0.6) is 0 Å². The summed E-state index contributed by atoms with van der Waals surface area (Å²) in [5.41, 5.74) is 2.97. The summed E-state index contributed by atoms with van der Waals surface area (Å²) in [6.07, 6.45) is 3.02. The molecule has 0 spiro atoms. The zero-order valence-electron chi connectivity index (χ0n) is 8.74. The molecule has 0 aliphatic heterocycles. The van der Waals surface area contributed by atoms with Crippen molar-refractivity contribution in [3.05, 3.63) is 35.5 Å². The first kappa shape index (κ1) is 10.2. The Morgan fingerprint density at radius 1 is 1.33 bits per heavy atom. The molecule has 0 unspecified atom stereocenters. The molecule has 1 aromatic heterocycles. The van der Waals surface area contributed by atoms with Gasteiger partial charge in [-0.2, -0.15) is 0 Å². The van der Waals surface area contributed by atoms with Crippen LogP contribution in [0.1, 0.15) is 11.1 Å². The van der Waals surface area contributed by atoms with Crippen molar-refractivity contribution in [3.63, 3.8) is 0 Å². The summed E-state index contributed by atoms with van der Waals surface area (Å²) in [5.74, 6) is 0.0937. The van der Waals surface area contributed by atoms with Crippen molar-refractivity contribution in [2.45, 2.75) is 12.7 Å². The number of fused-ring (bicyclic) bond motifs is 1. The number of aromatic nitrogens is 1. The van der Waals surface area contributed by atoms with E-state index in [4.69, 9.17) is 0 Å². The summed E-state index contributed by atoms with van der Waals surface area (Å²) in [6.45, 7) is 2.00. The number of benzene rings is 1. The second-order valence-electron chi connectivity index (χ2n) is 3.93. The van der Waals surface area contributed by atoms with Crippen LogP contribution in [-0.2, 0) is 15.6 Å². The molecular formula is C11H13NO2S. The van der Waals surface area contributed by atoms with Gasteiger partial charge < -0.3 is 4.98 Å². The van der Waals surface area contributed by atoms with Gasteiger partial charge in [-0.1, -0.05) is 11.6 Å². The summed E-state index contributed by atoms with van der Waals surface area (Å²) >= 11 is 0. The Kier molecular flexibility index (Phi) is 2.31. The van der Waals surface area contributed by atoms with Crippen LogP contribution in [0.3, 0.4) is 0 Å². The van der Waals surface area contributed by atoms with E-state index in [0.717, 1.165) is 22.0 Å². The molecule has 0 aliphatic carbocycles. The van der Waals surface area contributed by atoms with E-state index in [1.807, 2.05) is 25.1 Å². The van der Waals surface area contributed by atoms with Crippen LogP contribution in [-0.4, -0.2) is 19.7 Å². The molecule has 80 valence electrons. The fourth-order valence-electron chi connectivity index (χ4n) is 1.69. The Balaban J connectivity index is 2.57. The highest BCUT2D eigenvalue weighted by Crippen LogP contribution is 2.21. The van der Waals surface area contributed by atoms with Crippen molar-refractivity contribution in [1.29, 1.82) is 0 Å². The van der Waals surface area contributed by atoms with Gasteiger partial charge in [0.15, 0.2) is 9.84 Å². The van der Waals surface area contributed by atoms with Gasteiger partial charge in [-0.05, 0) is 24.6 Å². The number of sulfone groups is 1. The standard InChI is InChI=1S/C11H13NO2S/c1-8-3-4-11-10(5-8)9(6-12-11)7-15(2,13)14/h3-6,12H,7H2,1-2H3. The van der Waals surface area contributed by atoms with E-state index in [9.17, 15) is 8.42 Å². The largest absolute Gasteiger partial charge is 0.361 e. The summed E-state index contributed by atoms with van der Waals surface area (Å²) in [7, 11) is -2.97. The van der Waals surface area contributed by atoms with Gasteiger partial charge >= 0.3 is 0 Å². The molecular weight excluding hydrogens is 210 g/mol. The first-order chi connectivity index (χ1) is 6.96. The monoisotopic (exact) mass is 223 g/mol. The van der Waals surface area contributed by atoms with E-state index in [-0.39, 0.29) is 5.75 Å². The summed E-state index contributed by atoms with van der Waals surface area (Å²) in [6, 6.07) is 5.98. The molecule has 0 radical (unpaired) electrons. The summed E-state index contributed by atoms with van der Waals surface area (Å²) < 4.78 is 22.4. The van der Waals surface area contributed by atoms with Gasteiger partial charge in [0.1, 0.15) is 0 Å². The number of aryl methyl sites for hydroxylation is 1. The zero-order chi connectivity index (χ0) is 11.1. The second kappa shape index (κ2) is 3.38. The molecule has 1 aromatic carbocycles. The molecule has 0 bridgehead atoms. The van der Waals surface area contributed by atoms with E-state index < -0.39 is 9.84 Å². The maximum absolute atomic E-state index is 11.2. The van der Waals surface area contributed by atoms with E-state index in [1.165, 1.54) is 6.26 Å². The summed E-state index contributed by atoms with van der Waals surface area (Å²) in [4.78, 5) is 3.07. The van der Waals surface area contributed by atoms with Crippen LogP contribution in [0.15, 0.2) is 24.4 Å². The third-order valence-corrected chi connectivity index (χ3v) is 3.18. The molecule has 0 saturated carbocycles. The van der Waals surface area contributed by atoms with Crippen molar-refractivity contribution in [2.24, 2.45) is 0 Å². The first-order valence-electron chi connectivity index (χ1n) is 4.70. The van der Waals surface area contributed by atoms with Crippen molar-refractivity contribution < 1.29 is 8.42 Å². The van der Waals surface area contributed by atoms with Crippen LogP contribution < -0.4 is 0 Å². The third-order valence-electron chi connectivity index (χ3n) is 2.34. The van der Waals surface area contributed by atoms with Gasteiger partial charge in [0.25, 0.3) is 0 Å². The van der Waals surface area contributed by atoms with Gasteiger partial charge in [-0.3, -0.25) is 0 Å². The lowest BCUT2D eigenvalue weighted by molar-refractivity contribution is 0.601. The number of H-pyrrole nitrogens is 1. The van der Waals surface area contributed by atoms with Gasteiger partial charge in [-0.15, -0.1) is 0 Å². The minimum atomic E-state index is -2.97. The maximum Gasteiger partial charge on any atom is 0.151 e. The lowest BCUT2D eigenvalue weighted by Gasteiger charge is -1.98. The third kappa shape index (κ3) is 2.21. The minimum Gasteiger partial charge on any atom is -0.361 e. The fourth-order valence-corrected chi connectivity index (χ4v) is 2.50. The Labute approximate surface area is 89.0 Å². The van der Waals surface area contributed by atoms with Crippen LogP contribution in [0, 0.1) is 6.92 Å². The predicted molar refractivity (Wildman–Crippen MR) is 61.6 cm³/mol. The van der Waals surface area contributed by atoms with E-state index in [1.54, 1.807) is 6.20 Å². The highest BCUT2D eigenvalue weighted by Gasteiger charge is 2.09. The van der Waals surface area contributed by atoms with Crippen LogP contribution in [0.4, 0.5) is 0 Å².